The third-order valence-corrected chi connectivity index (χ3v) is 16.6. The molecule has 6 nitrogen and oxygen atoms in total. The number of allylic oxidation sites excluding steroid dienone is 8. The fraction of sp³-hybridized carbons (Fsp3) is 0.855. The predicted octanol–water partition coefficient (Wildman–Crippen LogP) is 25.3. The van der Waals surface area contributed by atoms with Crippen LogP contribution in [-0.2, 0) is 28.6 Å². The molecule has 0 saturated heterocycles. The SMILES string of the molecule is CC/C=C\C/C=C\C/C=C\C/C=C\CCCCCCCCCCCCCCCCC(=O)OCC(COC(=O)CCCCCCCCCCCCCCCCCC)OC(=O)CCCCCCCCCCCCCCCCCCCCCCC. The highest BCUT2D eigenvalue weighted by molar-refractivity contribution is 5.71. The van der Waals surface area contributed by atoms with Crippen molar-refractivity contribution in [3.8, 4) is 0 Å². The van der Waals surface area contributed by atoms with Crippen LogP contribution in [0.25, 0.3) is 0 Å². The quantitative estimate of drug-likeness (QED) is 0.0261. The number of carbonyl (C=O) groups excluding carboxylic acids is 3. The van der Waals surface area contributed by atoms with Crippen LogP contribution in [0, 0.1) is 0 Å². The number of ether oxygens (including phenoxy) is 3. The topological polar surface area (TPSA) is 78.9 Å². The number of unbranched alkanes of at least 4 members (excludes halogenated alkanes) is 49. The van der Waals surface area contributed by atoms with Gasteiger partial charge in [0.05, 0.1) is 0 Å². The van der Waals surface area contributed by atoms with Gasteiger partial charge < -0.3 is 14.2 Å². The Kier molecular flexibility index (Phi) is 68.6. The molecule has 0 aliphatic heterocycles. The van der Waals surface area contributed by atoms with Gasteiger partial charge in [-0.15, -0.1) is 0 Å². The number of hydrogen-bond donors (Lipinski definition) is 0. The molecule has 0 aromatic carbocycles. The van der Waals surface area contributed by atoms with E-state index in [1.165, 1.54) is 276 Å². The van der Waals surface area contributed by atoms with Crippen LogP contribution in [0.5, 0.6) is 0 Å². The van der Waals surface area contributed by atoms with Crippen molar-refractivity contribution in [1.29, 1.82) is 0 Å². The molecule has 82 heavy (non-hydrogen) atoms. The van der Waals surface area contributed by atoms with Gasteiger partial charge in [-0.1, -0.05) is 371 Å². The van der Waals surface area contributed by atoms with Gasteiger partial charge in [0.2, 0.25) is 0 Å². The highest BCUT2D eigenvalue weighted by atomic mass is 16.6. The summed E-state index contributed by atoms with van der Waals surface area (Å²) in [5, 5.41) is 0. The zero-order valence-electron chi connectivity index (χ0n) is 55.3. The average Bonchev–Trinajstić information content (AvgIpc) is 3.47. The highest BCUT2D eigenvalue weighted by Gasteiger charge is 2.19. The Bertz CT molecular complexity index is 1410. The van der Waals surface area contributed by atoms with Gasteiger partial charge in [-0.2, -0.15) is 0 Å². The fourth-order valence-electron chi connectivity index (χ4n) is 11.1. The van der Waals surface area contributed by atoms with E-state index in [0.29, 0.717) is 19.3 Å². The first kappa shape index (κ1) is 79.4. The Hall–Kier alpha value is -2.63. The van der Waals surface area contributed by atoms with E-state index in [1.807, 2.05) is 0 Å². The Labute approximate surface area is 511 Å². The van der Waals surface area contributed by atoms with E-state index < -0.39 is 6.10 Å². The number of rotatable bonds is 68. The molecule has 1 unspecified atom stereocenters. The van der Waals surface area contributed by atoms with Gasteiger partial charge in [0.1, 0.15) is 13.2 Å². The zero-order valence-corrected chi connectivity index (χ0v) is 55.3. The van der Waals surface area contributed by atoms with Gasteiger partial charge >= 0.3 is 17.9 Å². The molecule has 480 valence electrons. The highest BCUT2D eigenvalue weighted by Crippen LogP contribution is 2.19. The minimum Gasteiger partial charge on any atom is -0.462 e. The Morgan fingerprint density at radius 3 is 0.744 bits per heavy atom. The lowest BCUT2D eigenvalue weighted by atomic mass is 10.0. The van der Waals surface area contributed by atoms with Crippen molar-refractivity contribution in [1.82, 2.24) is 0 Å². The average molecular weight is 1150 g/mol. The molecule has 1 atom stereocenters. The molecule has 0 N–H and O–H groups in total. The van der Waals surface area contributed by atoms with Crippen LogP contribution in [0.15, 0.2) is 48.6 Å². The molecule has 0 spiro atoms. The standard InChI is InChI=1S/C76H140O6/c1-4-7-10-13-16-19-22-25-28-31-33-35-36-37-38-39-40-42-43-45-48-51-54-57-60-63-66-69-75(78)81-72-73(71-80-74(77)68-65-62-59-56-53-50-47-30-27-24-21-18-15-12-9-6-3)82-76(79)70-67-64-61-58-55-52-49-46-44-41-34-32-29-26-23-20-17-14-11-8-5-2/h7,10,16,19,25,28,33,35,73H,4-6,8-9,11-15,17-18,20-24,26-27,29-32,34,36-72H2,1-3H3/b10-7-,19-16-,28-25-,35-33-. The monoisotopic (exact) mass is 1150 g/mol. The van der Waals surface area contributed by atoms with E-state index in [9.17, 15) is 14.4 Å². The van der Waals surface area contributed by atoms with Crippen molar-refractivity contribution in [2.75, 3.05) is 13.2 Å². The summed E-state index contributed by atoms with van der Waals surface area (Å²) >= 11 is 0. The van der Waals surface area contributed by atoms with E-state index in [4.69, 9.17) is 14.2 Å². The molecular formula is C76H140O6. The van der Waals surface area contributed by atoms with Crippen LogP contribution >= 0.6 is 0 Å². The van der Waals surface area contributed by atoms with Gasteiger partial charge in [-0.3, -0.25) is 14.4 Å². The summed E-state index contributed by atoms with van der Waals surface area (Å²) in [4.78, 5) is 38.5. The Balaban J connectivity index is 4.26. The first-order chi connectivity index (χ1) is 40.5. The predicted molar refractivity (Wildman–Crippen MR) is 358 cm³/mol. The molecule has 0 radical (unpaired) electrons. The van der Waals surface area contributed by atoms with Gasteiger partial charge in [0.25, 0.3) is 0 Å². The molecule has 0 amide bonds. The third-order valence-electron chi connectivity index (χ3n) is 16.6. The van der Waals surface area contributed by atoms with Crippen LogP contribution in [0.4, 0.5) is 0 Å². The maximum atomic E-state index is 13.0. The molecular weight excluding hydrogens is 1010 g/mol. The number of esters is 3. The molecule has 0 rings (SSSR count). The van der Waals surface area contributed by atoms with Gasteiger partial charge in [-0.25, -0.2) is 0 Å². The summed E-state index contributed by atoms with van der Waals surface area (Å²) in [5.41, 5.74) is 0. The van der Waals surface area contributed by atoms with Crippen molar-refractivity contribution >= 4 is 17.9 Å². The molecule has 0 aromatic heterocycles. The smallest absolute Gasteiger partial charge is 0.306 e. The van der Waals surface area contributed by atoms with Crippen LogP contribution in [0.3, 0.4) is 0 Å². The molecule has 0 bridgehead atoms. The molecule has 0 aliphatic carbocycles. The second kappa shape index (κ2) is 70.9. The molecule has 0 aliphatic rings. The van der Waals surface area contributed by atoms with E-state index in [1.54, 1.807) is 0 Å². The second-order valence-electron chi connectivity index (χ2n) is 24.8. The lowest BCUT2D eigenvalue weighted by Crippen LogP contribution is -2.30. The zero-order chi connectivity index (χ0) is 59.2. The second-order valence-corrected chi connectivity index (χ2v) is 24.8. The molecule has 0 aromatic rings. The van der Waals surface area contributed by atoms with Crippen LogP contribution < -0.4 is 0 Å². The van der Waals surface area contributed by atoms with Crippen molar-refractivity contribution in [2.45, 2.75) is 406 Å². The largest absolute Gasteiger partial charge is 0.462 e. The summed E-state index contributed by atoms with van der Waals surface area (Å²) in [7, 11) is 0. The van der Waals surface area contributed by atoms with E-state index in [2.05, 4.69) is 69.4 Å². The van der Waals surface area contributed by atoms with Crippen molar-refractivity contribution in [2.24, 2.45) is 0 Å². The molecule has 0 heterocycles. The fourth-order valence-corrected chi connectivity index (χ4v) is 11.1. The van der Waals surface area contributed by atoms with Gasteiger partial charge in [0.15, 0.2) is 6.10 Å². The maximum absolute atomic E-state index is 13.0. The Morgan fingerprint density at radius 1 is 0.256 bits per heavy atom. The number of hydrogen-bond acceptors (Lipinski definition) is 6. The summed E-state index contributed by atoms with van der Waals surface area (Å²) in [6, 6.07) is 0. The third kappa shape index (κ3) is 68.2. The van der Waals surface area contributed by atoms with Crippen molar-refractivity contribution in [3.63, 3.8) is 0 Å². The first-order valence-electron chi connectivity index (χ1n) is 36.6. The van der Waals surface area contributed by atoms with E-state index in [0.717, 1.165) is 83.5 Å². The van der Waals surface area contributed by atoms with E-state index >= 15 is 0 Å². The Morgan fingerprint density at radius 2 is 0.476 bits per heavy atom. The van der Waals surface area contributed by atoms with Crippen LogP contribution in [0.1, 0.15) is 400 Å². The lowest BCUT2D eigenvalue weighted by Gasteiger charge is -2.18. The maximum Gasteiger partial charge on any atom is 0.306 e. The normalized spacial score (nSPS) is 12.3. The first-order valence-corrected chi connectivity index (χ1v) is 36.6. The van der Waals surface area contributed by atoms with Crippen molar-refractivity contribution < 1.29 is 28.6 Å². The summed E-state index contributed by atoms with van der Waals surface area (Å²) < 4.78 is 17.0. The summed E-state index contributed by atoms with van der Waals surface area (Å²) in [6.45, 7) is 6.61. The number of carbonyl (C=O) groups is 3. The van der Waals surface area contributed by atoms with E-state index in [-0.39, 0.29) is 31.1 Å². The molecule has 0 saturated carbocycles. The summed E-state index contributed by atoms with van der Waals surface area (Å²) in [6.07, 6.45) is 90.0. The van der Waals surface area contributed by atoms with Crippen LogP contribution in [0.2, 0.25) is 0 Å². The minimum absolute atomic E-state index is 0.0657. The minimum atomic E-state index is -0.770. The van der Waals surface area contributed by atoms with Crippen LogP contribution in [-0.4, -0.2) is 37.2 Å². The van der Waals surface area contributed by atoms with Gasteiger partial charge in [-0.05, 0) is 57.8 Å². The van der Waals surface area contributed by atoms with Crippen molar-refractivity contribution in [3.05, 3.63) is 48.6 Å². The van der Waals surface area contributed by atoms with Gasteiger partial charge in [0, 0.05) is 19.3 Å². The molecule has 6 heteroatoms. The molecule has 0 fully saturated rings. The lowest BCUT2D eigenvalue weighted by molar-refractivity contribution is -0.167. The summed E-state index contributed by atoms with van der Waals surface area (Å²) in [5.74, 6) is -0.833.